The molecule has 1 aromatic rings. The fraction of sp³-hybridized carbons (Fsp3) is 0.455. The molecule has 72 valence electrons. The summed E-state index contributed by atoms with van der Waals surface area (Å²) < 4.78 is 17.6. The van der Waals surface area contributed by atoms with Gasteiger partial charge in [0.1, 0.15) is 12.4 Å². The van der Waals surface area contributed by atoms with E-state index in [-0.39, 0.29) is 0 Å². The lowest BCUT2D eigenvalue weighted by Gasteiger charge is -2.10. The van der Waals surface area contributed by atoms with Gasteiger partial charge in [0.2, 0.25) is 0 Å². The van der Waals surface area contributed by atoms with Crippen molar-refractivity contribution < 1.29 is 9.13 Å². The minimum atomic E-state index is -0.469. The van der Waals surface area contributed by atoms with Gasteiger partial charge in [-0.15, -0.1) is 0 Å². The number of hydrogen-bond donors (Lipinski definition) is 0. The molecule has 0 bridgehead atoms. The Morgan fingerprint density at radius 1 is 1.38 bits per heavy atom. The molecule has 0 N–H and O–H groups in total. The molecule has 0 amide bonds. The van der Waals surface area contributed by atoms with Gasteiger partial charge < -0.3 is 4.74 Å². The summed E-state index contributed by atoms with van der Waals surface area (Å²) in [5.41, 5.74) is 1.78. The third kappa shape index (κ3) is 2.20. The van der Waals surface area contributed by atoms with Gasteiger partial charge in [-0.1, -0.05) is 19.9 Å². The molecule has 1 aromatic carbocycles. The Hall–Kier alpha value is -1.05. The Morgan fingerprint density at radius 3 is 2.54 bits per heavy atom. The summed E-state index contributed by atoms with van der Waals surface area (Å²) in [4.78, 5) is 0. The van der Waals surface area contributed by atoms with Gasteiger partial charge >= 0.3 is 0 Å². The van der Waals surface area contributed by atoms with Gasteiger partial charge in [-0.3, -0.25) is 0 Å². The third-order valence-corrected chi connectivity index (χ3v) is 2.12. The first kappa shape index (κ1) is 10.0. The second-order valence-electron chi connectivity index (χ2n) is 3.36. The second-order valence-corrected chi connectivity index (χ2v) is 3.36. The number of rotatable bonds is 3. The van der Waals surface area contributed by atoms with Gasteiger partial charge in [0, 0.05) is 5.56 Å². The maximum absolute atomic E-state index is 12.5. The Morgan fingerprint density at radius 2 is 2.08 bits per heavy atom. The topological polar surface area (TPSA) is 9.23 Å². The zero-order valence-electron chi connectivity index (χ0n) is 8.30. The fourth-order valence-corrected chi connectivity index (χ4v) is 1.26. The van der Waals surface area contributed by atoms with Gasteiger partial charge in [-0.25, -0.2) is 4.39 Å². The van der Waals surface area contributed by atoms with Gasteiger partial charge in [0.15, 0.2) is 0 Å². The van der Waals surface area contributed by atoms with Crippen LogP contribution < -0.4 is 4.74 Å². The highest BCUT2D eigenvalue weighted by atomic mass is 19.1. The van der Waals surface area contributed by atoms with E-state index in [0.717, 1.165) is 5.56 Å². The van der Waals surface area contributed by atoms with E-state index in [9.17, 15) is 4.39 Å². The SMILES string of the molecule is COc1ccc(C(C)C)cc1CF. The smallest absolute Gasteiger partial charge is 0.124 e. The van der Waals surface area contributed by atoms with Gasteiger partial charge in [0.05, 0.1) is 7.11 Å². The Kier molecular flexibility index (Phi) is 3.29. The molecule has 1 rings (SSSR count). The van der Waals surface area contributed by atoms with E-state index in [2.05, 4.69) is 13.8 Å². The molecule has 1 nitrogen and oxygen atoms in total. The zero-order valence-corrected chi connectivity index (χ0v) is 8.30. The summed E-state index contributed by atoms with van der Waals surface area (Å²) in [7, 11) is 1.56. The van der Waals surface area contributed by atoms with E-state index in [1.54, 1.807) is 7.11 Å². The fourth-order valence-electron chi connectivity index (χ4n) is 1.26. The van der Waals surface area contributed by atoms with Crippen LogP contribution in [0.5, 0.6) is 5.75 Å². The molecule has 0 radical (unpaired) electrons. The van der Waals surface area contributed by atoms with E-state index in [1.165, 1.54) is 0 Å². The van der Waals surface area contributed by atoms with Crippen molar-refractivity contribution in [2.45, 2.75) is 26.4 Å². The number of halogens is 1. The summed E-state index contributed by atoms with van der Waals surface area (Å²) >= 11 is 0. The van der Waals surface area contributed by atoms with Crippen molar-refractivity contribution in [1.82, 2.24) is 0 Å². The van der Waals surface area contributed by atoms with Crippen LogP contribution in [-0.4, -0.2) is 7.11 Å². The quantitative estimate of drug-likeness (QED) is 0.697. The van der Waals surface area contributed by atoms with Crippen LogP contribution in [0.15, 0.2) is 18.2 Å². The lowest BCUT2D eigenvalue weighted by molar-refractivity contribution is 0.393. The minimum absolute atomic E-state index is 0.427. The lowest BCUT2D eigenvalue weighted by Crippen LogP contribution is -1.93. The highest BCUT2D eigenvalue weighted by molar-refractivity contribution is 5.37. The minimum Gasteiger partial charge on any atom is -0.496 e. The molecule has 0 spiro atoms. The van der Waals surface area contributed by atoms with E-state index >= 15 is 0 Å². The largest absolute Gasteiger partial charge is 0.496 e. The molecule has 0 aromatic heterocycles. The van der Waals surface area contributed by atoms with Crippen LogP contribution in [0.4, 0.5) is 4.39 Å². The van der Waals surface area contributed by atoms with Gasteiger partial charge in [0.25, 0.3) is 0 Å². The molecule has 0 aliphatic rings. The molecule has 0 unspecified atom stereocenters. The van der Waals surface area contributed by atoms with E-state index < -0.39 is 6.67 Å². The molecule has 0 fully saturated rings. The van der Waals surface area contributed by atoms with Gasteiger partial charge in [-0.05, 0) is 23.6 Å². The van der Waals surface area contributed by atoms with Crippen LogP contribution in [0.25, 0.3) is 0 Å². The van der Waals surface area contributed by atoms with Crippen LogP contribution in [0.3, 0.4) is 0 Å². The average Bonchev–Trinajstić information content (AvgIpc) is 2.16. The van der Waals surface area contributed by atoms with Crippen molar-refractivity contribution in [3.8, 4) is 5.75 Å². The molecule has 0 aliphatic heterocycles. The molecular weight excluding hydrogens is 167 g/mol. The van der Waals surface area contributed by atoms with Crippen molar-refractivity contribution in [2.24, 2.45) is 0 Å². The molecular formula is C11H15FO. The maximum Gasteiger partial charge on any atom is 0.124 e. The van der Waals surface area contributed by atoms with Crippen LogP contribution in [0.2, 0.25) is 0 Å². The predicted octanol–water partition coefficient (Wildman–Crippen LogP) is 3.29. The first-order valence-corrected chi connectivity index (χ1v) is 4.41. The molecule has 13 heavy (non-hydrogen) atoms. The molecule has 0 aliphatic carbocycles. The second kappa shape index (κ2) is 4.26. The normalized spacial score (nSPS) is 10.5. The number of hydrogen-bond acceptors (Lipinski definition) is 1. The van der Waals surface area contributed by atoms with Crippen LogP contribution in [0, 0.1) is 0 Å². The van der Waals surface area contributed by atoms with Crippen LogP contribution >= 0.6 is 0 Å². The number of methoxy groups -OCH3 is 1. The summed E-state index contributed by atoms with van der Waals surface area (Å²) in [6.07, 6.45) is 0. The van der Waals surface area contributed by atoms with Crippen molar-refractivity contribution in [3.05, 3.63) is 29.3 Å². The zero-order chi connectivity index (χ0) is 9.84. The first-order valence-electron chi connectivity index (χ1n) is 4.41. The van der Waals surface area contributed by atoms with E-state index in [1.807, 2.05) is 18.2 Å². The number of alkyl halides is 1. The predicted molar refractivity (Wildman–Crippen MR) is 51.9 cm³/mol. The standard InChI is InChI=1S/C11H15FO/c1-8(2)9-4-5-11(13-3)10(6-9)7-12/h4-6,8H,7H2,1-3H3. The molecule has 0 atom stereocenters. The van der Waals surface area contributed by atoms with Crippen molar-refractivity contribution in [3.63, 3.8) is 0 Å². The molecule has 0 saturated carbocycles. The Balaban J connectivity index is 3.05. The Labute approximate surface area is 78.5 Å². The molecule has 0 saturated heterocycles. The van der Waals surface area contributed by atoms with E-state index in [4.69, 9.17) is 4.74 Å². The first-order chi connectivity index (χ1) is 6.19. The monoisotopic (exact) mass is 182 g/mol. The Bertz CT molecular complexity index is 281. The number of benzene rings is 1. The third-order valence-electron chi connectivity index (χ3n) is 2.12. The summed E-state index contributed by atoms with van der Waals surface area (Å²) in [6, 6.07) is 5.66. The van der Waals surface area contributed by atoms with Crippen molar-refractivity contribution >= 4 is 0 Å². The summed E-state index contributed by atoms with van der Waals surface area (Å²) in [5.74, 6) is 1.06. The van der Waals surface area contributed by atoms with Crippen molar-refractivity contribution in [2.75, 3.05) is 7.11 Å². The van der Waals surface area contributed by atoms with Crippen LogP contribution in [-0.2, 0) is 6.67 Å². The highest BCUT2D eigenvalue weighted by Crippen LogP contribution is 2.24. The highest BCUT2D eigenvalue weighted by Gasteiger charge is 2.05. The molecule has 2 heteroatoms. The summed E-state index contributed by atoms with van der Waals surface area (Å²) in [5, 5.41) is 0. The average molecular weight is 182 g/mol. The molecule has 0 heterocycles. The van der Waals surface area contributed by atoms with E-state index in [0.29, 0.717) is 17.2 Å². The van der Waals surface area contributed by atoms with Crippen molar-refractivity contribution in [1.29, 1.82) is 0 Å². The maximum atomic E-state index is 12.5. The van der Waals surface area contributed by atoms with Crippen LogP contribution in [0.1, 0.15) is 30.9 Å². The summed E-state index contributed by atoms with van der Waals surface area (Å²) in [6.45, 7) is 3.71. The van der Waals surface area contributed by atoms with Gasteiger partial charge in [-0.2, -0.15) is 0 Å². The lowest BCUT2D eigenvalue weighted by atomic mass is 10.0. The number of ether oxygens (including phenoxy) is 1.